The Balaban J connectivity index is 2.30. The molecular formula is C10H8BrClN4. The lowest BCUT2D eigenvalue weighted by Crippen LogP contribution is -1.98. The molecule has 0 bridgehead atoms. The normalized spacial score (nSPS) is 10.2. The average molecular weight is 300 g/mol. The molecule has 2 rings (SSSR count). The molecule has 2 heterocycles. The van der Waals surface area contributed by atoms with Gasteiger partial charge in [-0.05, 0) is 52.2 Å². The van der Waals surface area contributed by atoms with Crippen LogP contribution in [0, 0.1) is 6.92 Å². The van der Waals surface area contributed by atoms with Gasteiger partial charge in [-0.2, -0.15) is 4.98 Å². The zero-order chi connectivity index (χ0) is 11.5. The number of halogens is 2. The summed E-state index contributed by atoms with van der Waals surface area (Å²) in [6.45, 7) is 1.99. The quantitative estimate of drug-likeness (QED) is 0.864. The van der Waals surface area contributed by atoms with Gasteiger partial charge in [0.1, 0.15) is 5.82 Å². The summed E-state index contributed by atoms with van der Waals surface area (Å²) >= 11 is 9.04. The molecule has 0 aliphatic carbocycles. The van der Waals surface area contributed by atoms with Crippen LogP contribution in [-0.4, -0.2) is 15.0 Å². The first-order chi connectivity index (χ1) is 7.65. The zero-order valence-electron chi connectivity index (χ0n) is 8.41. The number of hydrogen-bond donors (Lipinski definition) is 1. The summed E-state index contributed by atoms with van der Waals surface area (Å²) in [5, 5.41) is 3.25. The summed E-state index contributed by atoms with van der Waals surface area (Å²) in [5.74, 6) is 1.31. The van der Waals surface area contributed by atoms with Crippen molar-refractivity contribution in [3.8, 4) is 0 Å². The van der Waals surface area contributed by atoms with Crippen LogP contribution in [0.4, 0.5) is 11.6 Å². The van der Waals surface area contributed by atoms with Crippen LogP contribution in [0.3, 0.4) is 0 Å². The van der Waals surface area contributed by atoms with E-state index in [-0.39, 0.29) is 5.28 Å². The molecule has 0 saturated heterocycles. The molecule has 0 unspecified atom stereocenters. The molecule has 0 spiro atoms. The molecule has 0 fully saturated rings. The highest BCUT2D eigenvalue weighted by Gasteiger charge is 2.04. The Labute approximate surface area is 106 Å². The van der Waals surface area contributed by atoms with Gasteiger partial charge in [0.25, 0.3) is 0 Å². The minimum atomic E-state index is 0.193. The first kappa shape index (κ1) is 11.3. The van der Waals surface area contributed by atoms with Gasteiger partial charge in [-0.15, -0.1) is 0 Å². The van der Waals surface area contributed by atoms with E-state index in [1.807, 2.05) is 19.1 Å². The van der Waals surface area contributed by atoms with Gasteiger partial charge in [0.2, 0.25) is 5.28 Å². The SMILES string of the molecule is Cc1ccnc(Nc2nc(Cl)ncc2Br)c1. The Hall–Kier alpha value is -1.20. The van der Waals surface area contributed by atoms with Crippen LogP contribution >= 0.6 is 27.5 Å². The number of anilines is 2. The van der Waals surface area contributed by atoms with Crippen LogP contribution < -0.4 is 5.32 Å². The lowest BCUT2D eigenvalue weighted by atomic mass is 10.3. The Morgan fingerprint density at radius 3 is 2.94 bits per heavy atom. The number of nitrogens with zero attached hydrogens (tertiary/aromatic N) is 3. The van der Waals surface area contributed by atoms with Gasteiger partial charge in [-0.25, -0.2) is 9.97 Å². The summed E-state index contributed by atoms with van der Waals surface area (Å²) in [6, 6.07) is 3.84. The van der Waals surface area contributed by atoms with E-state index in [1.54, 1.807) is 12.4 Å². The van der Waals surface area contributed by atoms with Crippen molar-refractivity contribution in [1.82, 2.24) is 15.0 Å². The third-order valence-electron chi connectivity index (χ3n) is 1.88. The molecule has 1 N–H and O–H groups in total. The minimum absolute atomic E-state index is 0.193. The third kappa shape index (κ3) is 2.68. The Bertz CT molecular complexity index is 518. The van der Waals surface area contributed by atoms with Crippen LogP contribution in [0.15, 0.2) is 29.0 Å². The van der Waals surface area contributed by atoms with Crippen LogP contribution in [0.5, 0.6) is 0 Å². The first-order valence-electron chi connectivity index (χ1n) is 4.53. The van der Waals surface area contributed by atoms with Crippen LogP contribution in [-0.2, 0) is 0 Å². The summed E-state index contributed by atoms with van der Waals surface area (Å²) in [5.41, 5.74) is 1.12. The van der Waals surface area contributed by atoms with E-state index >= 15 is 0 Å². The molecule has 6 heteroatoms. The van der Waals surface area contributed by atoms with Crippen molar-refractivity contribution in [1.29, 1.82) is 0 Å². The summed E-state index contributed by atoms with van der Waals surface area (Å²) in [7, 11) is 0. The summed E-state index contributed by atoms with van der Waals surface area (Å²) in [4.78, 5) is 12.1. The van der Waals surface area contributed by atoms with Crippen molar-refractivity contribution < 1.29 is 0 Å². The van der Waals surface area contributed by atoms with E-state index in [4.69, 9.17) is 11.6 Å². The second-order valence-electron chi connectivity index (χ2n) is 3.18. The van der Waals surface area contributed by atoms with E-state index in [9.17, 15) is 0 Å². The van der Waals surface area contributed by atoms with E-state index in [2.05, 4.69) is 36.2 Å². The molecule has 2 aromatic heterocycles. The summed E-state index contributed by atoms with van der Waals surface area (Å²) < 4.78 is 0.736. The largest absolute Gasteiger partial charge is 0.324 e. The topological polar surface area (TPSA) is 50.7 Å². The highest BCUT2D eigenvalue weighted by molar-refractivity contribution is 9.10. The van der Waals surface area contributed by atoms with Gasteiger partial charge in [-0.1, -0.05) is 0 Å². The smallest absolute Gasteiger partial charge is 0.224 e. The highest BCUT2D eigenvalue weighted by Crippen LogP contribution is 2.23. The van der Waals surface area contributed by atoms with Gasteiger partial charge in [0.15, 0.2) is 5.82 Å². The maximum atomic E-state index is 5.71. The molecule has 0 atom stereocenters. The Kier molecular flexibility index (Phi) is 3.36. The fraction of sp³-hybridized carbons (Fsp3) is 0.100. The van der Waals surface area contributed by atoms with Gasteiger partial charge in [0.05, 0.1) is 4.47 Å². The van der Waals surface area contributed by atoms with Crippen molar-refractivity contribution in [3.05, 3.63) is 39.8 Å². The molecule has 0 saturated carbocycles. The maximum absolute atomic E-state index is 5.71. The van der Waals surface area contributed by atoms with Crippen molar-refractivity contribution in [3.63, 3.8) is 0 Å². The van der Waals surface area contributed by atoms with E-state index in [1.165, 1.54) is 0 Å². The molecule has 0 amide bonds. The lowest BCUT2D eigenvalue weighted by molar-refractivity contribution is 1.14. The van der Waals surface area contributed by atoms with Gasteiger partial charge in [0, 0.05) is 12.4 Å². The molecule has 0 aliphatic heterocycles. The Morgan fingerprint density at radius 2 is 2.19 bits per heavy atom. The van der Waals surface area contributed by atoms with Crippen LogP contribution in [0.25, 0.3) is 0 Å². The van der Waals surface area contributed by atoms with Crippen molar-refractivity contribution in [2.75, 3.05) is 5.32 Å². The number of rotatable bonds is 2. The molecule has 0 radical (unpaired) electrons. The van der Waals surface area contributed by atoms with Crippen molar-refractivity contribution >= 4 is 39.2 Å². The minimum Gasteiger partial charge on any atom is -0.324 e. The molecule has 16 heavy (non-hydrogen) atoms. The number of hydrogen-bond acceptors (Lipinski definition) is 4. The van der Waals surface area contributed by atoms with Crippen molar-refractivity contribution in [2.45, 2.75) is 6.92 Å². The molecular weight excluding hydrogens is 291 g/mol. The predicted molar refractivity (Wildman–Crippen MR) is 67.0 cm³/mol. The van der Waals surface area contributed by atoms with Crippen LogP contribution in [0.2, 0.25) is 5.28 Å². The van der Waals surface area contributed by atoms with E-state index in [0.717, 1.165) is 15.9 Å². The monoisotopic (exact) mass is 298 g/mol. The molecule has 0 aliphatic rings. The summed E-state index contributed by atoms with van der Waals surface area (Å²) in [6.07, 6.45) is 3.32. The van der Waals surface area contributed by atoms with E-state index < -0.39 is 0 Å². The average Bonchev–Trinajstić information content (AvgIpc) is 2.24. The van der Waals surface area contributed by atoms with Gasteiger partial charge < -0.3 is 5.32 Å². The van der Waals surface area contributed by atoms with Crippen LogP contribution in [0.1, 0.15) is 5.56 Å². The van der Waals surface area contributed by atoms with Crippen molar-refractivity contribution in [2.24, 2.45) is 0 Å². The number of pyridine rings is 1. The standard InChI is InChI=1S/C10H8BrClN4/c1-6-2-3-13-8(4-6)15-9-7(11)5-14-10(12)16-9/h2-5H,1H3,(H,13,14,15,16). The number of aryl methyl sites for hydroxylation is 1. The fourth-order valence-electron chi connectivity index (χ4n) is 1.16. The van der Waals surface area contributed by atoms with Gasteiger partial charge in [-0.3, -0.25) is 0 Å². The van der Waals surface area contributed by atoms with Gasteiger partial charge >= 0.3 is 0 Å². The first-order valence-corrected chi connectivity index (χ1v) is 5.70. The maximum Gasteiger partial charge on any atom is 0.224 e. The second kappa shape index (κ2) is 4.76. The lowest BCUT2D eigenvalue weighted by Gasteiger charge is -2.06. The van der Waals surface area contributed by atoms with E-state index in [0.29, 0.717) is 5.82 Å². The molecule has 0 aromatic carbocycles. The number of nitrogens with one attached hydrogen (secondary N) is 1. The predicted octanol–water partition coefficient (Wildman–Crippen LogP) is 3.34. The Morgan fingerprint density at radius 1 is 1.38 bits per heavy atom. The second-order valence-corrected chi connectivity index (χ2v) is 4.37. The molecule has 2 aromatic rings. The number of aromatic nitrogens is 3. The zero-order valence-corrected chi connectivity index (χ0v) is 10.7. The molecule has 4 nitrogen and oxygen atoms in total. The fourth-order valence-corrected chi connectivity index (χ4v) is 1.58. The molecule has 82 valence electrons. The highest BCUT2D eigenvalue weighted by atomic mass is 79.9. The third-order valence-corrected chi connectivity index (χ3v) is 2.64.